The van der Waals surface area contributed by atoms with Crippen molar-refractivity contribution in [3.63, 3.8) is 0 Å². The van der Waals surface area contributed by atoms with E-state index in [9.17, 15) is 4.79 Å². The molecule has 2 aliphatic rings. The molecule has 2 N–H and O–H groups in total. The molecule has 5 nitrogen and oxygen atoms in total. The SMILES string of the molecule is NCCN(C(=O)N1CCOCC1)C1CCCC1. The molecule has 5 heteroatoms. The molecule has 1 saturated carbocycles. The number of rotatable bonds is 3. The van der Waals surface area contributed by atoms with E-state index in [0.717, 1.165) is 12.8 Å². The quantitative estimate of drug-likeness (QED) is 0.789. The summed E-state index contributed by atoms with van der Waals surface area (Å²) in [6.45, 7) is 3.98. The molecule has 17 heavy (non-hydrogen) atoms. The molecule has 1 heterocycles. The third-order valence-corrected chi connectivity index (χ3v) is 3.66. The summed E-state index contributed by atoms with van der Waals surface area (Å²) in [7, 11) is 0. The van der Waals surface area contributed by atoms with Crippen LogP contribution in [0.2, 0.25) is 0 Å². The van der Waals surface area contributed by atoms with Gasteiger partial charge in [0.05, 0.1) is 13.2 Å². The molecule has 0 spiro atoms. The average Bonchev–Trinajstić information content (AvgIpc) is 2.90. The number of nitrogens with zero attached hydrogens (tertiary/aromatic N) is 2. The third kappa shape index (κ3) is 3.10. The van der Waals surface area contributed by atoms with E-state index in [1.165, 1.54) is 12.8 Å². The molecule has 0 bridgehead atoms. The van der Waals surface area contributed by atoms with E-state index in [1.54, 1.807) is 0 Å². The fourth-order valence-electron chi connectivity index (χ4n) is 2.73. The summed E-state index contributed by atoms with van der Waals surface area (Å²) in [5.41, 5.74) is 5.63. The molecule has 0 radical (unpaired) electrons. The monoisotopic (exact) mass is 241 g/mol. The van der Waals surface area contributed by atoms with Gasteiger partial charge in [0.2, 0.25) is 0 Å². The lowest BCUT2D eigenvalue weighted by Crippen LogP contribution is -2.52. The van der Waals surface area contributed by atoms with E-state index in [4.69, 9.17) is 10.5 Å². The molecule has 0 aromatic rings. The molecule has 1 aliphatic heterocycles. The number of ether oxygens (including phenoxy) is 1. The van der Waals surface area contributed by atoms with Crippen LogP contribution in [0.3, 0.4) is 0 Å². The lowest BCUT2D eigenvalue weighted by molar-refractivity contribution is 0.0397. The van der Waals surface area contributed by atoms with Gasteiger partial charge in [-0.25, -0.2) is 4.79 Å². The largest absolute Gasteiger partial charge is 0.378 e. The van der Waals surface area contributed by atoms with Crippen molar-refractivity contribution in [1.82, 2.24) is 9.80 Å². The van der Waals surface area contributed by atoms with Gasteiger partial charge < -0.3 is 20.3 Å². The van der Waals surface area contributed by atoms with Gasteiger partial charge >= 0.3 is 6.03 Å². The first-order chi connectivity index (χ1) is 8.33. The first-order valence-electron chi connectivity index (χ1n) is 6.66. The van der Waals surface area contributed by atoms with Gasteiger partial charge in [-0.05, 0) is 12.8 Å². The van der Waals surface area contributed by atoms with Crippen molar-refractivity contribution >= 4 is 6.03 Å². The van der Waals surface area contributed by atoms with Crippen LogP contribution in [0, 0.1) is 0 Å². The van der Waals surface area contributed by atoms with E-state index in [2.05, 4.69) is 0 Å². The topological polar surface area (TPSA) is 58.8 Å². The van der Waals surface area contributed by atoms with Crippen LogP contribution in [0.15, 0.2) is 0 Å². The molecule has 0 aromatic carbocycles. The summed E-state index contributed by atoms with van der Waals surface area (Å²) in [5.74, 6) is 0. The van der Waals surface area contributed by atoms with Crippen molar-refractivity contribution in [3.05, 3.63) is 0 Å². The van der Waals surface area contributed by atoms with Crippen LogP contribution in [0.5, 0.6) is 0 Å². The van der Waals surface area contributed by atoms with Gasteiger partial charge in [0.25, 0.3) is 0 Å². The predicted octanol–water partition coefficient (Wildman–Crippen LogP) is 0.642. The van der Waals surface area contributed by atoms with Crippen molar-refractivity contribution < 1.29 is 9.53 Å². The van der Waals surface area contributed by atoms with Gasteiger partial charge in [0.15, 0.2) is 0 Å². The van der Waals surface area contributed by atoms with Crippen LogP contribution in [-0.4, -0.2) is 61.3 Å². The highest BCUT2D eigenvalue weighted by atomic mass is 16.5. The minimum atomic E-state index is 0.158. The van der Waals surface area contributed by atoms with Crippen molar-refractivity contribution in [3.8, 4) is 0 Å². The summed E-state index contributed by atoms with van der Waals surface area (Å²) in [6, 6.07) is 0.569. The zero-order valence-corrected chi connectivity index (χ0v) is 10.4. The van der Waals surface area contributed by atoms with Crippen molar-refractivity contribution in [2.24, 2.45) is 5.73 Å². The Morgan fingerprint density at radius 2 is 1.94 bits per heavy atom. The van der Waals surface area contributed by atoms with E-state index in [0.29, 0.717) is 45.4 Å². The fourth-order valence-corrected chi connectivity index (χ4v) is 2.73. The van der Waals surface area contributed by atoms with Gasteiger partial charge in [0, 0.05) is 32.2 Å². The third-order valence-electron chi connectivity index (χ3n) is 3.66. The van der Waals surface area contributed by atoms with Crippen LogP contribution in [0.25, 0.3) is 0 Å². The van der Waals surface area contributed by atoms with Crippen molar-refractivity contribution in [1.29, 1.82) is 0 Å². The maximum atomic E-state index is 12.4. The molecule has 0 aromatic heterocycles. The maximum Gasteiger partial charge on any atom is 0.320 e. The Morgan fingerprint density at radius 3 is 2.53 bits per heavy atom. The number of morpholine rings is 1. The van der Waals surface area contributed by atoms with Crippen molar-refractivity contribution in [2.75, 3.05) is 39.4 Å². The van der Waals surface area contributed by atoms with Gasteiger partial charge in [-0.1, -0.05) is 12.8 Å². The summed E-state index contributed by atoms with van der Waals surface area (Å²) in [4.78, 5) is 16.3. The Balaban J connectivity index is 1.95. The molecule has 98 valence electrons. The molecule has 1 saturated heterocycles. The number of carbonyl (C=O) groups is 1. The first-order valence-corrected chi connectivity index (χ1v) is 6.66. The Hall–Kier alpha value is -0.810. The Kier molecular flexibility index (Phi) is 4.62. The molecule has 2 amide bonds. The number of amides is 2. The standard InChI is InChI=1S/C12H23N3O2/c13-5-6-15(11-3-1-2-4-11)12(16)14-7-9-17-10-8-14/h11H,1-10,13H2. The van der Waals surface area contributed by atoms with Gasteiger partial charge in [0.1, 0.15) is 0 Å². The number of nitrogens with two attached hydrogens (primary N) is 1. The number of urea groups is 1. The van der Waals surface area contributed by atoms with E-state index in [-0.39, 0.29) is 6.03 Å². The van der Waals surface area contributed by atoms with Crippen LogP contribution in [0.1, 0.15) is 25.7 Å². The molecule has 0 atom stereocenters. The van der Waals surface area contributed by atoms with Crippen LogP contribution < -0.4 is 5.73 Å². The fraction of sp³-hybridized carbons (Fsp3) is 0.917. The maximum absolute atomic E-state index is 12.4. The molecule has 2 rings (SSSR count). The Morgan fingerprint density at radius 1 is 1.29 bits per heavy atom. The molecule has 0 unspecified atom stereocenters. The summed E-state index contributed by atoms with van der Waals surface area (Å²) in [6.07, 6.45) is 4.75. The molecular weight excluding hydrogens is 218 g/mol. The molecule has 2 fully saturated rings. The van der Waals surface area contributed by atoms with E-state index >= 15 is 0 Å². The normalized spacial score (nSPS) is 21.8. The number of hydrogen-bond acceptors (Lipinski definition) is 3. The Bertz CT molecular complexity index is 248. The van der Waals surface area contributed by atoms with Crippen LogP contribution in [-0.2, 0) is 4.74 Å². The second kappa shape index (κ2) is 6.21. The lowest BCUT2D eigenvalue weighted by atomic mass is 10.2. The summed E-state index contributed by atoms with van der Waals surface area (Å²) < 4.78 is 5.28. The van der Waals surface area contributed by atoms with Gasteiger partial charge in [-0.15, -0.1) is 0 Å². The first kappa shape index (κ1) is 12.6. The second-order valence-electron chi connectivity index (χ2n) is 4.80. The van der Waals surface area contributed by atoms with Gasteiger partial charge in [-0.3, -0.25) is 0 Å². The average molecular weight is 241 g/mol. The van der Waals surface area contributed by atoms with Crippen molar-refractivity contribution in [2.45, 2.75) is 31.7 Å². The predicted molar refractivity (Wildman–Crippen MR) is 65.8 cm³/mol. The lowest BCUT2D eigenvalue weighted by Gasteiger charge is -2.36. The van der Waals surface area contributed by atoms with E-state index < -0.39 is 0 Å². The highest BCUT2D eigenvalue weighted by Gasteiger charge is 2.29. The van der Waals surface area contributed by atoms with E-state index in [1.807, 2.05) is 9.80 Å². The highest BCUT2D eigenvalue weighted by Crippen LogP contribution is 2.24. The second-order valence-corrected chi connectivity index (χ2v) is 4.80. The number of carbonyl (C=O) groups excluding carboxylic acids is 1. The molecular formula is C12H23N3O2. The summed E-state index contributed by atoms with van der Waals surface area (Å²) in [5, 5.41) is 0. The zero-order valence-electron chi connectivity index (χ0n) is 10.4. The smallest absolute Gasteiger partial charge is 0.320 e. The van der Waals surface area contributed by atoms with Gasteiger partial charge in [-0.2, -0.15) is 0 Å². The minimum Gasteiger partial charge on any atom is -0.378 e. The highest BCUT2D eigenvalue weighted by molar-refractivity contribution is 5.75. The van der Waals surface area contributed by atoms with Crippen LogP contribution in [0.4, 0.5) is 4.79 Å². The molecule has 1 aliphatic carbocycles. The van der Waals surface area contributed by atoms with Crippen LogP contribution >= 0.6 is 0 Å². The zero-order chi connectivity index (χ0) is 12.1. The Labute approximate surface area is 103 Å². The number of hydrogen-bond donors (Lipinski definition) is 1. The minimum absolute atomic E-state index is 0.158. The summed E-state index contributed by atoms with van der Waals surface area (Å²) >= 11 is 0.